The second-order valence-corrected chi connectivity index (χ2v) is 5.13. The highest BCUT2D eigenvalue weighted by molar-refractivity contribution is 9.11. The molecule has 2 nitrogen and oxygen atoms in total. The monoisotopic (exact) mass is 354 g/mol. The van der Waals surface area contributed by atoms with Gasteiger partial charge in [-0.3, -0.25) is 4.79 Å². The molecule has 0 amide bonds. The number of benzene rings is 2. The van der Waals surface area contributed by atoms with Gasteiger partial charge >= 0.3 is 0 Å². The van der Waals surface area contributed by atoms with Crippen LogP contribution in [0.25, 0.3) is 0 Å². The van der Waals surface area contributed by atoms with Crippen molar-refractivity contribution in [2.75, 3.05) is 0 Å². The highest BCUT2D eigenvalue weighted by Crippen LogP contribution is 2.31. The number of carbonyl (C=O) groups excluding carboxylic acids is 1. The first kappa shape index (κ1) is 12.3. The van der Waals surface area contributed by atoms with Crippen molar-refractivity contribution in [2.45, 2.75) is 0 Å². The number of carbonyl (C=O) groups is 1. The number of hydrogen-bond acceptors (Lipinski definition) is 2. The molecule has 0 aliphatic carbocycles. The Morgan fingerprint density at radius 2 is 1.71 bits per heavy atom. The zero-order chi connectivity index (χ0) is 12.3. The highest BCUT2D eigenvalue weighted by Gasteiger charge is 2.03. The number of rotatable bonds is 3. The molecule has 2 rings (SSSR count). The average molecular weight is 356 g/mol. The van der Waals surface area contributed by atoms with E-state index < -0.39 is 0 Å². The Kier molecular flexibility index (Phi) is 3.97. The van der Waals surface area contributed by atoms with E-state index in [1.54, 1.807) is 24.3 Å². The van der Waals surface area contributed by atoms with Crippen LogP contribution in [-0.4, -0.2) is 6.29 Å². The van der Waals surface area contributed by atoms with Crippen LogP contribution in [-0.2, 0) is 0 Å². The summed E-state index contributed by atoms with van der Waals surface area (Å²) in [4.78, 5) is 10.5. The van der Waals surface area contributed by atoms with Gasteiger partial charge in [-0.15, -0.1) is 0 Å². The first-order valence-electron chi connectivity index (χ1n) is 4.87. The molecule has 0 radical (unpaired) electrons. The lowest BCUT2D eigenvalue weighted by Gasteiger charge is -2.07. The molecule has 0 saturated heterocycles. The Morgan fingerprint density at radius 1 is 1.00 bits per heavy atom. The molecule has 0 saturated carbocycles. The summed E-state index contributed by atoms with van der Waals surface area (Å²) >= 11 is 6.80. The Morgan fingerprint density at radius 3 is 2.29 bits per heavy atom. The van der Waals surface area contributed by atoms with Crippen LogP contribution >= 0.6 is 31.9 Å². The van der Waals surface area contributed by atoms with Gasteiger partial charge in [0.2, 0.25) is 0 Å². The lowest BCUT2D eigenvalue weighted by Crippen LogP contribution is -1.86. The number of halogens is 2. The van der Waals surface area contributed by atoms with E-state index >= 15 is 0 Å². The van der Waals surface area contributed by atoms with Gasteiger partial charge in [0, 0.05) is 10.0 Å². The van der Waals surface area contributed by atoms with Crippen LogP contribution in [0.4, 0.5) is 0 Å². The minimum absolute atomic E-state index is 0.632. The Hall–Kier alpha value is -1.13. The zero-order valence-electron chi connectivity index (χ0n) is 8.69. The molecule has 0 atom stereocenters. The molecule has 86 valence electrons. The van der Waals surface area contributed by atoms with E-state index in [2.05, 4.69) is 31.9 Å². The van der Waals surface area contributed by atoms with Crippen LogP contribution in [0.5, 0.6) is 11.5 Å². The summed E-state index contributed by atoms with van der Waals surface area (Å²) in [7, 11) is 0. The minimum Gasteiger partial charge on any atom is -0.456 e. The van der Waals surface area contributed by atoms with Crippen molar-refractivity contribution in [1.29, 1.82) is 0 Å². The van der Waals surface area contributed by atoms with Crippen molar-refractivity contribution in [3.8, 4) is 11.5 Å². The van der Waals surface area contributed by atoms with Gasteiger partial charge in [0.25, 0.3) is 0 Å². The molecule has 2 aromatic carbocycles. The van der Waals surface area contributed by atoms with Gasteiger partial charge in [-0.2, -0.15) is 0 Å². The molecule has 0 spiro atoms. The van der Waals surface area contributed by atoms with Gasteiger partial charge in [-0.25, -0.2) is 0 Å². The van der Waals surface area contributed by atoms with E-state index in [-0.39, 0.29) is 0 Å². The molecule has 0 fully saturated rings. The average Bonchev–Trinajstić information content (AvgIpc) is 2.34. The first-order valence-corrected chi connectivity index (χ1v) is 6.46. The summed E-state index contributed by atoms with van der Waals surface area (Å²) in [6.07, 6.45) is 0.805. The fraction of sp³-hybridized carbons (Fsp3) is 0. The van der Waals surface area contributed by atoms with Gasteiger partial charge in [-0.05, 0) is 58.4 Å². The van der Waals surface area contributed by atoms with Gasteiger partial charge in [0.1, 0.15) is 17.8 Å². The lowest BCUT2D eigenvalue weighted by atomic mass is 10.2. The van der Waals surface area contributed by atoms with Crippen LogP contribution in [0.1, 0.15) is 10.4 Å². The van der Waals surface area contributed by atoms with Crippen molar-refractivity contribution in [3.63, 3.8) is 0 Å². The SMILES string of the molecule is O=Cc1ccc(Oc2ccc(Br)cc2Br)cc1. The molecule has 0 aliphatic heterocycles. The maximum atomic E-state index is 10.5. The Bertz CT molecular complexity index is 536. The summed E-state index contributed by atoms with van der Waals surface area (Å²) in [5.74, 6) is 1.42. The second-order valence-electron chi connectivity index (χ2n) is 3.36. The standard InChI is InChI=1S/C13H8Br2O2/c14-10-3-6-13(12(15)7-10)17-11-4-1-9(8-16)2-5-11/h1-8H. The Balaban J connectivity index is 2.22. The van der Waals surface area contributed by atoms with Gasteiger partial charge in [0.15, 0.2) is 0 Å². The molecule has 0 N–H and O–H groups in total. The summed E-state index contributed by atoms with van der Waals surface area (Å²) < 4.78 is 7.53. The van der Waals surface area contributed by atoms with Crippen LogP contribution in [0, 0.1) is 0 Å². The van der Waals surface area contributed by atoms with Crippen molar-refractivity contribution < 1.29 is 9.53 Å². The van der Waals surface area contributed by atoms with Gasteiger partial charge in [0.05, 0.1) is 4.47 Å². The Labute approximate surface area is 116 Å². The van der Waals surface area contributed by atoms with Crippen molar-refractivity contribution in [3.05, 3.63) is 57.0 Å². The van der Waals surface area contributed by atoms with Crippen molar-refractivity contribution in [2.24, 2.45) is 0 Å². The van der Waals surface area contributed by atoms with Crippen LogP contribution in [0.15, 0.2) is 51.4 Å². The summed E-state index contributed by atoms with van der Waals surface area (Å²) in [5, 5.41) is 0. The zero-order valence-corrected chi connectivity index (χ0v) is 11.9. The molecule has 0 aromatic heterocycles. The van der Waals surface area contributed by atoms with Crippen LogP contribution in [0.2, 0.25) is 0 Å². The predicted molar refractivity (Wildman–Crippen MR) is 73.7 cm³/mol. The van der Waals surface area contributed by atoms with E-state index in [1.165, 1.54) is 0 Å². The van der Waals surface area contributed by atoms with E-state index in [0.717, 1.165) is 21.0 Å². The third-order valence-electron chi connectivity index (χ3n) is 2.14. The second kappa shape index (κ2) is 5.47. The molecule has 4 heteroatoms. The van der Waals surface area contributed by atoms with Gasteiger partial charge in [-0.1, -0.05) is 15.9 Å². The maximum absolute atomic E-state index is 10.5. The summed E-state index contributed by atoms with van der Waals surface area (Å²) in [6.45, 7) is 0. The topological polar surface area (TPSA) is 26.3 Å². The molecular formula is C13H8Br2O2. The fourth-order valence-electron chi connectivity index (χ4n) is 1.30. The van der Waals surface area contributed by atoms with Crippen molar-refractivity contribution >= 4 is 38.1 Å². The smallest absolute Gasteiger partial charge is 0.150 e. The molecule has 0 bridgehead atoms. The fourth-order valence-corrected chi connectivity index (χ4v) is 2.43. The first-order chi connectivity index (χ1) is 8.19. The van der Waals surface area contributed by atoms with Gasteiger partial charge < -0.3 is 4.74 Å². The molecule has 0 aliphatic rings. The predicted octanol–water partition coefficient (Wildman–Crippen LogP) is 4.82. The van der Waals surface area contributed by atoms with Crippen LogP contribution < -0.4 is 4.74 Å². The number of aldehydes is 1. The number of ether oxygens (including phenoxy) is 1. The third kappa shape index (κ3) is 3.17. The highest BCUT2D eigenvalue weighted by atomic mass is 79.9. The van der Waals surface area contributed by atoms with E-state index in [1.807, 2.05) is 18.2 Å². The van der Waals surface area contributed by atoms with E-state index in [4.69, 9.17) is 4.74 Å². The molecule has 2 aromatic rings. The largest absolute Gasteiger partial charge is 0.456 e. The minimum atomic E-state index is 0.632. The summed E-state index contributed by atoms with van der Waals surface area (Å²) in [5.41, 5.74) is 0.632. The molecular weight excluding hydrogens is 348 g/mol. The quantitative estimate of drug-likeness (QED) is 0.738. The maximum Gasteiger partial charge on any atom is 0.150 e. The molecule has 0 heterocycles. The van der Waals surface area contributed by atoms with E-state index in [0.29, 0.717) is 11.3 Å². The van der Waals surface area contributed by atoms with Crippen molar-refractivity contribution in [1.82, 2.24) is 0 Å². The lowest BCUT2D eigenvalue weighted by molar-refractivity contribution is 0.112. The van der Waals surface area contributed by atoms with E-state index in [9.17, 15) is 4.79 Å². The normalized spacial score (nSPS) is 10.0. The molecule has 0 unspecified atom stereocenters. The molecule has 17 heavy (non-hydrogen) atoms. The summed E-state index contributed by atoms with van der Waals surface area (Å²) in [6, 6.07) is 12.6. The third-order valence-corrected chi connectivity index (χ3v) is 3.25. The number of hydrogen-bond donors (Lipinski definition) is 0. The van der Waals surface area contributed by atoms with Crippen LogP contribution in [0.3, 0.4) is 0 Å².